The van der Waals surface area contributed by atoms with E-state index in [1.165, 1.54) is 13.2 Å². The minimum Gasteiger partial charge on any atom is -0.481 e. The van der Waals surface area contributed by atoms with E-state index >= 15 is 0 Å². The highest BCUT2D eigenvalue weighted by Gasteiger charge is 2.07. The SMILES string of the molecule is COc1cc(Sc2nc(N)cc(=O)[nH]2)nc(N)n1. The Hall–Kier alpha value is -2.29. The Labute approximate surface area is 106 Å². The number of ether oxygens (including phenoxy) is 1. The molecule has 0 radical (unpaired) electrons. The molecule has 18 heavy (non-hydrogen) atoms. The Bertz CT molecular complexity index is 629. The number of nitrogens with two attached hydrogens (primary N) is 2. The predicted octanol–water partition coefficient (Wildman–Crippen LogP) is -0.116. The van der Waals surface area contributed by atoms with Gasteiger partial charge in [-0.1, -0.05) is 0 Å². The smallest absolute Gasteiger partial charge is 0.253 e. The second kappa shape index (κ2) is 4.92. The standard InChI is InChI=1S/C9H10N6O2S/c1-17-6-3-7(15-8(11)14-6)18-9-12-4(10)2-5(16)13-9/h2-3H,1H3,(H2,11,14,15)(H3,10,12,13,16). The molecule has 5 N–H and O–H groups in total. The van der Waals surface area contributed by atoms with Crippen LogP contribution in [0.15, 0.2) is 27.1 Å². The molecule has 9 heteroatoms. The van der Waals surface area contributed by atoms with Gasteiger partial charge in [0.15, 0.2) is 5.16 Å². The molecule has 0 bridgehead atoms. The van der Waals surface area contributed by atoms with Gasteiger partial charge >= 0.3 is 0 Å². The average molecular weight is 266 g/mol. The molecule has 0 fully saturated rings. The highest BCUT2D eigenvalue weighted by molar-refractivity contribution is 7.99. The van der Waals surface area contributed by atoms with E-state index in [1.54, 1.807) is 6.07 Å². The summed E-state index contributed by atoms with van der Waals surface area (Å²) in [6.07, 6.45) is 0. The van der Waals surface area contributed by atoms with Crippen LogP contribution in [-0.2, 0) is 0 Å². The topological polar surface area (TPSA) is 133 Å². The lowest BCUT2D eigenvalue weighted by Gasteiger charge is -2.04. The maximum absolute atomic E-state index is 11.2. The fourth-order valence-corrected chi connectivity index (χ4v) is 1.98. The highest BCUT2D eigenvalue weighted by Crippen LogP contribution is 2.25. The van der Waals surface area contributed by atoms with Crippen LogP contribution in [0.4, 0.5) is 11.8 Å². The summed E-state index contributed by atoms with van der Waals surface area (Å²) in [5.74, 6) is 0.537. The Balaban J connectivity index is 2.33. The van der Waals surface area contributed by atoms with E-state index in [0.717, 1.165) is 11.8 Å². The number of nitrogen functional groups attached to an aromatic ring is 2. The van der Waals surface area contributed by atoms with Crippen molar-refractivity contribution >= 4 is 23.5 Å². The molecule has 0 saturated heterocycles. The van der Waals surface area contributed by atoms with E-state index in [2.05, 4.69) is 19.9 Å². The molecule has 94 valence electrons. The van der Waals surface area contributed by atoms with Crippen LogP contribution in [0.1, 0.15) is 0 Å². The fraction of sp³-hybridized carbons (Fsp3) is 0.111. The molecule has 0 atom stereocenters. The van der Waals surface area contributed by atoms with Crippen molar-refractivity contribution in [1.29, 1.82) is 0 Å². The number of anilines is 2. The van der Waals surface area contributed by atoms with E-state index < -0.39 is 0 Å². The molecule has 0 unspecified atom stereocenters. The molecule has 2 aromatic rings. The van der Waals surface area contributed by atoms with Crippen LogP contribution in [0.5, 0.6) is 5.88 Å². The number of methoxy groups -OCH3 is 1. The average Bonchev–Trinajstić information content (AvgIpc) is 2.26. The summed E-state index contributed by atoms with van der Waals surface area (Å²) in [6.45, 7) is 0. The molecule has 0 aromatic carbocycles. The summed E-state index contributed by atoms with van der Waals surface area (Å²) in [5, 5.41) is 0.813. The van der Waals surface area contributed by atoms with E-state index in [1.807, 2.05) is 0 Å². The fourth-order valence-electron chi connectivity index (χ4n) is 1.18. The number of aromatic nitrogens is 4. The van der Waals surface area contributed by atoms with Crippen LogP contribution in [0.25, 0.3) is 0 Å². The number of hydrogen-bond acceptors (Lipinski definition) is 8. The molecule has 0 aliphatic carbocycles. The number of nitrogens with zero attached hydrogens (tertiary/aromatic N) is 3. The lowest BCUT2D eigenvalue weighted by Crippen LogP contribution is -2.09. The van der Waals surface area contributed by atoms with Crippen LogP contribution in [0, 0.1) is 0 Å². The highest BCUT2D eigenvalue weighted by atomic mass is 32.2. The Morgan fingerprint density at radius 3 is 2.72 bits per heavy atom. The quantitative estimate of drug-likeness (QED) is 0.517. The van der Waals surface area contributed by atoms with Crippen LogP contribution in [0.3, 0.4) is 0 Å². The van der Waals surface area contributed by atoms with Gasteiger partial charge in [0.1, 0.15) is 10.8 Å². The lowest BCUT2D eigenvalue weighted by atomic mass is 10.6. The third-order valence-electron chi connectivity index (χ3n) is 1.85. The summed E-state index contributed by atoms with van der Waals surface area (Å²) in [7, 11) is 1.47. The molecule has 8 nitrogen and oxygen atoms in total. The molecule has 0 spiro atoms. The van der Waals surface area contributed by atoms with Gasteiger partial charge in [-0.05, 0) is 11.8 Å². The largest absolute Gasteiger partial charge is 0.481 e. The van der Waals surface area contributed by atoms with Gasteiger partial charge in [0, 0.05) is 12.1 Å². The van der Waals surface area contributed by atoms with Gasteiger partial charge in [-0.3, -0.25) is 4.79 Å². The summed E-state index contributed by atoms with van der Waals surface area (Å²) < 4.78 is 4.96. The van der Waals surface area contributed by atoms with Crippen LogP contribution in [0.2, 0.25) is 0 Å². The second-order valence-electron chi connectivity index (χ2n) is 3.18. The van der Waals surface area contributed by atoms with Crippen LogP contribution in [-0.4, -0.2) is 27.0 Å². The maximum Gasteiger partial charge on any atom is 0.253 e. The van der Waals surface area contributed by atoms with Crippen molar-refractivity contribution in [3.8, 4) is 5.88 Å². The summed E-state index contributed by atoms with van der Waals surface area (Å²) in [5.41, 5.74) is 10.7. The van der Waals surface area contributed by atoms with Crippen LogP contribution < -0.4 is 21.8 Å². The van der Waals surface area contributed by atoms with E-state index in [4.69, 9.17) is 16.2 Å². The van der Waals surface area contributed by atoms with Crippen molar-refractivity contribution < 1.29 is 4.74 Å². The number of nitrogens with one attached hydrogen (secondary N) is 1. The predicted molar refractivity (Wildman–Crippen MR) is 66.4 cm³/mol. The zero-order valence-corrected chi connectivity index (χ0v) is 10.2. The molecule has 0 amide bonds. The van der Waals surface area contributed by atoms with Crippen molar-refractivity contribution in [2.45, 2.75) is 10.2 Å². The van der Waals surface area contributed by atoms with E-state index in [9.17, 15) is 4.79 Å². The summed E-state index contributed by atoms with van der Waals surface area (Å²) >= 11 is 1.10. The molecule has 2 rings (SSSR count). The summed E-state index contributed by atoms with van der Waals surface area (Å²) in [6, 6.07) is 2.77. The third kappa shape index (κ3) is 2.88. The number of rotatable bonds is 3. The van der Waals surface area contributed by atoms with Gasteiger partial charge in [0.2, 0.25) is 11.8 Å². The lowest BCUT2D eigenvalue weighted by molar-refractivity contribution is 0.396. The number of H-pyrrole nitrogens is 1. The van der Waals surface area contributed by atoms with Crippen molar-refractivity contribution in [2.75, 3.05) is 18.6 Å². The van der Waals surface area contributed by atoms with Crippen molar-refractivity contribution in [2.24, 2.45) is 0 Å². The van der Waals surface area contributed by atoms with E-state index in [0.29, 0.717) is 16.1 Å². The van der Waals surface area contributed by atoms with Gasteiger partial charge in [0.25, 0.3) is 5.56 Å². The van der Waals surface area contributed by atoms with Gasteiger partial charge < -0.3 is 21.2 Å². The van der Waals surface area contributed by atoms with Crippen molar-refractivity contribution in [3.05, 3.63) is 22.5 Å². The van der Waals surface area contributed by atoms with Crippen LogP contribution >= 0.6 is 11.8 Å². The molecule has 0 aliphatic heterocycles. The minimum atomic E-state index is -0.334. The van der Waals surface area contributed by atoms with Gasteiger partial charge in [-0.25, -0.2) is 9.97 Å². The first-order valence-corrected chi connectivity index (χ1v) is 5.61. The Morgan fingerprint density at radius 2 is 2.06 bits per heavy atom. The Kier molecular flexibility index (Phi) is 3.33. The zero-order chi connectivity index (χ0) is 13.1. The van der Waals surface area contributed by atoms with E-state index in [-0.39, 0.29) is 17.3 Å². The number of aromatic amines is 1. The van der Waals surface area contributed by atoms with Crippen molar-refractivity contribution in [1.82, 2.24) is 19.9 Å². The number of hydrogen-bond donors (Lipinski definition) is 3. The molecular weight excluding hydrogens is 256 g/mol. The van der Waals surface area contributed by atoms with Crippen molar-refractivity contribution in [3.63, 3.8) is 0 Å². The molecule has 0 aliphatic rings. The first-order valence-electron chi connectivity index (χ1n) is 4.80. The van der Waals surface area contributed by atoms with Gasteiger partial charge in [-0.15, -0.1) is 0 Å². The zero-order valence-electron chi connectivity index (χ0n) is 9.38. The molecular formula is C9H10N6O2S. The Morgan fingerprint density at radius 1 is 1.28 bits per heavy atom. The summed E-state index contributed by atoms with van der Waals surface area (Å²) in [4.78, 5) is 25.5. The normalized spacial score (nSPS) is 10.3. The monoisotopic (exact) mass is 266 g/mol. The van der Waals surface area contributed by atoms with Gasteiger partial charge in [0.05, 0.1) is 7.11 Å². The molecule has 2 aromatic heterocycles. The third-order valence-corrected chi connectivity index (χ3v) is 2.65. The molecule has 2 heterocycles. The second-order valence-corrected chi connectivity index (χ2v) is 4.19. The van der Waals surface area contributed by atoms with Gasteiger partial charge in [-0.2, -0.15) is 4.98 Å². The molecule has 0 saturated carbocycles. The maximum atomic E-state index is 11.2. The first-order chi connectivity index (χ1) is 8.56. The first kappa shape index (κ1) is 12.2. The minimum absolute atomic E-state index is 0.0723.